The summed E-state index contributed by atoms with van der Waals surface area (Å²) in [4.78, 5) is 14.2. The molecule has 1 aliphatic carbocycles. The molecule has 1 aliphatic rings. The first-order chi connectivity index (χ1) is 9.50. The average Bonchev–Trinajstić information content (AvgIpc) is 2.88. The van der Waals surface area contributed by atoms with Gasteiger partial charge in [-0.3, -0.25) is 4.79 Å². The highest BCUT2D eigenvalue weighted by molar-refractivity contribution is 7.80. The number of thiocarbonyl (C=S) groups is 1. The normalized spacial score (nSPS) is 15.2. The Labute approximate surface area is 122 Å². The van der Waals surface area contributed by atoms with E-state index in [0.29, 0.717) is 0 Å². The van der Waals surface area contributed by atoms with Crippen LogP contribution >= 0.6 is 12.2 Å². The SMILES string of the molecule is NC(=S)CN(C(=O)c1c(O)cccc1F)C1CCCC1. The van der Waals surface area contributed by atoms with E-state index in [0.717, 1.165) is 31.7 Å². The van der Waals surface area contributed by atoms with Gasteiger partial charge in [-0.25, -0.2) is 4.39 Å². The van der Waals surface area contributed by atoms with Crippen LogP contribution in [0.25, 0.3) is 0 Å². The Morgan fingerprint density at radius 3 is 2.65 bits per heavy atom. The smallest absolute Gasteiger partial charge is 0.261 e. The van der Waals surface area contributed by atoms with E-state index >= 15 is 0 Å². The topological polar surface area (TPSA) is 66.6 Å². The molecule has 1 saturated carbocycles. The zero-order valence-corrected chi connectivity index (χ0v) is 11.8. The molecule has 6 heteroatoms. The van der Waals surface area contributed by atoms with Crippen molar-refractivity contribution in [1.82, 2.24) is 4.90 Å². The first-order valence-corrected chi connectivity index (χ1v) is 6.98. The number of nitrogens with two attached hydrogens (primary N) is 1. The zero-order chi connectivity index (χ0) is 14.7. The summed E-state index contributed by atoms with van der Waals surface area (Å²) in [7, 11) is 0. The lowest BCUT2D eigenvalue weighted by atomic mass is 10.1. The van der Waals surface area contributed by atoms with Crippen LogP contribution in [-0.2, 0) is 0 Å². The fraction of sp³-hybridized carbons (Fsp3) is 0.429. The summed E-state index contributed by atoms with van der Waals surface area (Å²) in [5.41, 5.74) is 5.22. The van der Waals surface area contributed by atoms with Crippen molar-refractivity contribution < 1.29 is 14.3 Å². The number of benzene rings is 1. The summed E-state index contributed by atoms with van der Waals surface area (Å²) in [6.45, 7) is 0.104. The van der Waals surface area contributed by atoms with Crippen LogP contribution in [0.1, 0.15) is 36.0 Å². The molecule has 0 radical (unpaired) electrons. The maximum atomic E-state index is 13.8. The molecule has 0 bridgehead atoms. The van der Waals surface area contributed by atoms with Crippen LogP contribution in [0.3, 0.4) is 0 Å². The standard InChI is InChI=1S/C14H17FN2O2S/c15-10-6-3-7-11(18)13(10)14(19)17(8-12(16)20)9-4-1-2-5-9/h3,6-7,9,18H,1-2,4-5,8H2,(H2,16,20). The number of nitrogens with zero attached hydrogens (tertiary/aromatic N) is 1. The molecule has 20 heavy (non-hydrogen) atoms. The predicted molar refractivity (Wildman–Crippen MR) is 78.1 cm³/mol. The maximum absolute atomic E-state index is 13.8. The zero-order valence-electron chi connectivity index (χ0n) is 11.0. The molecule has 1 aromatic rings. The van der Waals surface area contributed by atoms with Crippen LogP contribution in [0, 0.1) is 5.82 Å². The Balaban J connectivity index is 2.32. The van der Waals surface area contributed by atoms with Gasteiger partial charge in [0.25, 0.3) is 5.91 Å². The Hall–Kier alpha value is -1.69. The van der Waals surface area contributed by atoms with E-state index in [1.807, 2.05) is 0 Å². The third kappa shape index (κ3) is 3.07. The van der Waals surface area contributed by atoms with Crippen LogP contribution in [0.5, 0.6) is 5.75 Å². The third-order valence-corrected chi connectivity index (χ3v) is 3.69. The van der Waals surface area contributed by atoms with Gasteiger partial charge in [0.05, 0.1) is 11.5 Å². The second-order valence-electron chi connectivity index (χ2n) is 4.97. The van der Waals surface area contributed by atoms with Crippen molar-refractivity contribution in [3.05, 3.63) is 29.6 Å². The molecule has 0 atom stereocenters. The number of phenols is 1. The van der Waals surface area contributed by atoms with Crippen molar-refractivity contribution >= 4 is 23.1 Å². The number of amides is 1. The van der Waals surface area contributed by atoms with E-state index in [1.165, 1.54) is 17.0 Å². The molecule has 0 aliphatic heterocycles. The van der Waals surface area contributed by atoms with E-state index in [4.69, 9.17) is 18.0 Å². The summed E-state index contributed by atoms with van der Waals surface area (Å²) in [6, 6.07) is 3.81. The van der Waals surface area contributed by atoms with Crippen LogP contribution in [-0.4, -0.2) is 33.5 Å². The molecule has 0 aromatic heterocycles. The molecule has 108 valence electrons. The molecule has 0 spiro atoms. The second kappa shape index (κ2) is 6.17. The van der Waals surface area contributed by atoms with Crippen LogP contribution < -0.4 is 5.73 Å². The summed E-state index contributed by atoms with van der Waals surface area (Å²) >= 11 is 4.87. The van der Waals surface area contributed by atoms with Crippen molar-refractivity contribution in [2.75, 3.05) is 6.54 Å². The van der Waals surface area contributed by atoms with Gasteiger partial charge in [0.15, 0.2) is 0 Å². The molecule has 0 unspecified atom stereocenters. The summed E-state index contributed by atoms with van der Waals surface area (Å²) in [5.74, 6) is -1.65. The first kappa shape index (κ1) is 14.7. The number of carbonyl (C=O) groups excluding carboxylic acids is 1. The Morgan fingerprint density at radius 1 is 1.45 bits per heavy atom. The molecule has 1 fully saturated rings. The van der Waals surface area contributed by atoms with E-state index in [2.05, 4.69) is 0 Å². The van der Waals surface area contributed by atoms with Crippen molar-refractivity contribution in [1.29, 1.82) is 0 Å². The van der Waals surface area contributed by atoms with Gasteiger partial charge in [-0.15, -0.1) is 0 Å². The quantitative estimate of drug-likeness (QED) is 0.836. The number of hydrogen-bond donors (Lipinski definition) is 2. The molecule has 0 saturated heterocycles. The van der Waals surface area contributed by atoms with Gasteiger partial charge in [-0.05, 0) is 25.0 Å². The molecular weight excluding hydrogens is 279 g/mol. The lowest BCUT2D eigenvalue weighted by Crippen LogP contribution is -2.44. The largest absolute Gasteiger partial charge is 0.507 e. The minimum Gasteiger partial charge on any atom is -0.507 e. The molecule has 4 nitrogen and oxygen atoms in total. The Kier molecular flexibility index (Phi) is 4.54. The van der Waals surface area contributed by atoms with Gasteiger partial charge >= 0.3 is 0 Å². The van der Waals surface area contributed by atoms with Crippen molar-refractivity contribution in [3.8, 4) is 5.75 Å². The van der Waals surface area contributed by atoms with Gasteiger partial charge in [-0.1, -0.05) is 31.1 Å². The molecule has 3 N–H and O–H groups in total. The molecular formula is C14H17FN2O2S. The van der Waals surface area contributed by atoms with Gasteiger partial charge in [0.1, 0.15) is 17.1 Å². The highest BCUT2D eigenvalue weighted by atomic mass is 32.1. The summed E-state index contributed by atoms with van der Waals surface area (Å²) in [6.07, 6.45) is 3.75. The highest BCUT2D eigenvalue weighted by Crippen LogP contribution is 2.28. The minimum atomic E-state index is -0.735. The minimum absolute atomic E-state index is 0.00278. The monoisotopic (exact) mass is 296 g/mol. The van der Waals surface area contributed by atoms with Crippen LogP contribution in [0.4, 0.5) is 4.39 Å². The van der Waals surface area contributed by atoms with Crippen molar-refractivity contribution in [2.24, 2.45) is 5.73 Å². The number of halogens is 1. The predicted octanol–water partition coefficient (Wildman–Crippen LogP) is 2.20. The maximum Gasteiger partial charge on any atom is 0.261 e. The number of hydrogen-bond acceptors (Lipinski definition) is 3. The lowest BCUT2D eigenvalue weighted by Gasteiger charge is -2.29. The van der Waals surface area contributed by atoms with Crippen molar-refractivity contribution in [2.45, 2.75) is 31.7 Å². The lowest BCUT2D eigenvalue weighted by molar-refractivity contribution is 0.0706. The van der Waals surface area contributed by atoms with Gasteiger partial charge in [0, 0.05) is 6.04 Å². The van der Waals surface area contributed by atoms with E-state index in [1.54, 1.807) is 0 Å². The van der Waals surface area contributed by atoms with E-state index in [-0.39, 0.29) is 28.9 Å². The van der Waals surface area contributed by atoms with Gasteiger partial charge in [-0.2, -0.15) is 0 Å². The number of carbonyl (C=O) groups is 1. The Bertz CT molecular complexity index is 510. The highest BCUT2D eigenvalue weighted by Gasteiger charge is 2.30. The fourth-order valence-electron chi connectivity index (χ4n) is 2.62. The average molecular weight is 296 g/mol. The molecule has 0 heterocycles. The molecule has 2 rings (SSSR count). The first-order valence-electron chi connectivity index (χ1n) is 6.57. The van der Waals surface area contributed by atoms with Crippen LogP contribution in [0.15, 0.2) is 18.2 Å². The fourth-order valence-corrected chi connectivity index (χ4v) is 2.76. The van der Waals surface area contributed by atoms with Gasteiger partial charge in [0.2, 0.25) is 0 Å². The molecule has 1 amide bonds. The Morgan fingerprint density at radius 2 is 2.10 bits per heavy atom. The number of aromatic hydroxyl groups is 1. The van der Waals surface area contributed by atoms with Crippen LogP contribution in [0.2, 0.25) is 0 Å². The second-order valence-corrected chi connectivity index (χ2v) is 5.50. The van der Waals surface area contributed by atoms with Crippen molar-refractivity contribution in [3.63, 3.8) is 0 Å². The summed E-state index contributed by atoms with van der Waals surface area (Å²) < 4.78 is 13.8. The van der Waals surface area contributed by atoms with E-state index < -0.39 is 11.7 Å². The summed E-state index contributed by atoms with van der Waals surface area (Å²) in [5, 5.41) is 9.74. The van der Waals surface area contributed by atoms with Gasteiger partial charge < -0.3 is 15.7 Å². The van der Waals surface area contributed by atoms with E-state index in [9.17, 15) is 14.3 Å². The number of rotatable bonds is 4. The number of phenolic OH excluding ortho intramolecular Hbond substituents is 1. The third-order valence-electron chi connectivity index (χ3n) is 3.56. The molecule has 1 aromatic carbocycles.